The van der Waals surface area contributed by atoms with E-state index in [2.05, 4.69) is 0 Å². The molecule has 0 atom stereocenters. The van der Waals surface area contributed by atoms with Crippen LogP contribution in [0.15, 0.2) is 4.79 Å². The molecule has 0 aliphatic rings. The monoisotopic (exact) mass is 142 g/mol. The molecule has 1 rings (SSSR count). The van der Waals surface area contributed by atoms with Crippen LogP contribution in [0.5, 0.6) is 0 Å². The summed E-state index contributed by atoms with van der Waals surface area (Å²) in [4.78, 5) is 10.9. The van der Waals surface area contributed by atoms with Crippen LogP contribution < -0.4 is 17.0 Å². The lowest BCUT2D eigenvalue weighted by molar-refractivity contribution is 0.586. The van der Waals surface area contributed by atoms with Gasteiger partial charge in [-0.1, -0.05) is 0 Å². The fourth-order valence-electron chi connectivity index (χ4n) is 0.756. The lowest BCUT2D eigenvalue weighted by Crippen LogP contribution is -2.18. The van der Waals surface area contributed by atoms with E-state index in [1.165, 1.54) is 9.36 Å². The number of nitrogens with zero attached hydrogens (tertiary/aromatic N) is 2. The van der Waals surface area contributed by atoms with Gasteiger partial charge in [0.2, 0.25) is 0 Å². The van der Waals surface area contributed by atoms with Crippen molar-refractivity contribution in [1.29, 1.82) is 0 Å². The maximum Gasteiger partial charge on any atom is 0.291 e. The summed E-state index contributed by atoms with van der Waals surface area (Å²) >= 11 is 0. The maximum absolute atomic E-state index is 10.9. The van der Waals surface area contributed by atoms with Gasteiger partial charge in [-0.25, -0.2) is 0 Å². The first-order chi connectivity index (χ1) is 4.55. The minimum Gasteiger partial charge on any atom is -0.391 e. The highest BCUT2D eigenvalue weighted by atomic mass is 16.1. The van der Waals surface area contributed by atoms with Crippen LogP contribution in [-0.4, -0.2) is 9.36 Å². The number of nitrogens with two attached hydrogens (primary N) is 2. The van der Waals surface area contributed by atoms with Crippen LogP contribution in [0.4, 0.5) is 11.5 Å². The molecule has 0 amide bonds. The molecule has 0 aromatic carbocycles. The lowest BCUT2D eigenvalue weighted by Gasteiger charge is -1.98. The largest absolute Gasteiger partial charge is 0.391 e. The van der Waals surface area contributed by atoms with Crippen LogP contribution in [0.25, 0.3) is 0 Å². The Labute approximate surface area is 57.8 Å². The van der Waals surface area contributed by atoms with Gasteiger partial charge in [-0.15, -0.1) is 0 Å². The first-order valence-electron chi connectivity index (χ1n) is 2.82. The van der Waals surface area contributed by atoms with Gasteiger partial charge in [-0.05, 0) is 0 Å². The lowest BCUT2D eigenvalue weighted by atomic mass is 10.5. The van der Waals surface area contributed by atoms with E-state index in [-0.39, 0.29) is 11.2 Å². The van der Waals surface area contributed by atoms with Crippen LogP contribution in [0.2, 0.25) is 0 Å². The normalized spacial score (nSPS) is 10.2. The van der Waals surface area contributed by atoms with Gasteiger partial charge in [0.25, 0.3) is 5.56 Å². The Morgan fingerprint density at radius 3 is 1.80 bits per heavy atom. The van der Waals surface area contributed by atoms with Crippen molar-refractivity contribution in [3.05, 3.63) is 10.4 Å². The number of rotatable bonds is 0. The van der Waals surface area contributed by atoms with Crippen molar-refractivity contribution in [2.45, 2.75) is 0 Å². The van der Waals surface area contributed by atoms with Crippen LogP contribution in [0, 0.1) is 0 Å². The fourth-order valence-corrected chi connectivity index (χ4v) is 0.756. The van der Waals surface area contributed by atoms with E-state index in [4.69, 9.17) is 11.5 Å². The highest BCUT2D eigenvalue weighted by molar-refractivity contribution is 5.57. The second-order valence-corrected chi connectivity index (χ2v) is 2.15. The van der Waals surface area contributed by atoms with Crippen molar-refractivity contribution in [2.75, 3.05) is 11.5 Å². The van der Waals surface area contributed by atoms with E-state index in [1.54, 1.807) is 14.1 Å². The SMILES string of the molecule is Cn1c(N)c(N)c(=O)n1C. The number of anilines is 2. The Bertz CT molecular complexity index is 280. The Morgan fingerprint density at radius 2 is 1.70 bits per heavy atom. The zero-order chi connectivity index (χ0) is 7.89. The van der Waals surface area contributed by atoms with E-state index >= 15 is 0 Å². The molecule has 1 heterocycles. The van der Waals surface area contributed by atoms with Crippen molar-refractivity contribution in [1.82, 2.24) is 9.36 Å². The van der Waals surface area contributed by atoms with Crippen molar-refractivity contribution in [2.24, 2.45) is 14.1 Å². The predicted molar refractivity (Wildman–Crippen MR) is 39.5 cm³/mol. The van der Waals surface area contributed by atoms with Crippen LogP contribution >= 0.6 is 0 Å². The van der Waals surface area contributed by atoms with Crippen molar-refractivity contribution in [3.8, 4) is 0 Å². The van der Waals surface area contributed by atoms with Gasteiger partial charge in [-0.3, -0.25) is 14.2 Å². The van der Waals surface area contributed by atoms with Crippen molar-refractivity contribution >= 4 is 11.5 Å². The standard InChI is InChI=1S/C5H10N4O/c1-8-4(7)3(6)5(10)9(8)2/h6-7H2,1-2H3. The molecule has 0 radical (unpaired) electrons. The summed E-state index contributed by atoms with van der Waals surface area (Å²) in [5.74, 6) is 0.313. The Hall–Kier alpha value is -1.39. The third kappa shape index (κ3) is 0.601. The molecule has 0 saturated carbocycles. The van der Waals surface area contributed by atoms with Crippen molar-refractivity contribution < 1.29 is 0 Å². The number of nitrogen functional groups attached to an aromatic ring is 2. The molecule has 0 fully saturated rings. The second kappa shape index (κ2) is 1.80. The average Bonchev–Trinajstić information content (AvgIpc) is 2.07. The predicted octanol–water partition coefficient (Wildman–Crippen LogP) is -1.11. The Kier molecular flexibility index (Phi) is 1.21. The van der Waals surface area contributed by atoms with Gasteiger partial charge < -0.3 is 11.5 Å². The van der Waals surface area contributed by atoms with Gasteiger partial charge in [0.1, 0.15) is 11.5 Å². The maximum atomic E-state index is 10.9. The third-order valence-electron chi connectivity index (χ3n) is 1.60. The van der Waals surface area contributed by atoms with Crippen LogP contribution in [0.1, 0.15) is 0 Å². The summed E-state index contributed by atoms with van der Waals surface area (Å²) in [5, 5.41) is 0. The molecule has 0 bridgehead atoms. The van der Waals surface area contributed by atoms with E-state index in [0.29, 0.717) is 5.82 Å². The molecule has 0 unspecified atom stereocenters. The number of aromatic nitrogens is 2. The highest BCUT2D eigenvalue weighted by Crippen LogP contribution is 2.05. The molecular formula is C5H10N4O. The van der Waals surface area contributed by atoms with Crippen molar-refractivity contribution in [3.63, 3.8) is 0 Å². The first-order valence-corrected chi connectivity index (χ1v) is 2.82. The minimum atomic E-state index is -0.250. The van der Waals surface area contributed by atoms with E-state index in [1.807, 2.05) is 0 Å². The molecule has 56 valence electrons. The molecule has 4 N–H and O–H groups in total. The smallest absolute Gasteiger partial charge is 0.291 e. The molecular weight excluding hydrogens is 132 g/mol. The van der Waals surface area contributed by atoms with Gasteiger partial charge in [0, 0.05) is 14.1 Å². The topological polar surface area (TPSA) is 79.0 Å². The summed E-state index contributed by atoms with van der Waals surface area (Å²) in [6, 6.07) is 0. The molecule has 1 aromatic rings. The van der Waals surface area contributed by atoms with E-state index in [9.17, 15) is 4.79 Å². The Balaban J connectivity index is 3.60. The minimum absolute atomic E-state index is 0.116. The first kappa shape index (κ1) is 6.73. The van der Waals surface area contributed by atoms with Crippen LogP contribution in [-0.2, 0) is 14.1 Å². The summed E-state index contributed by atoms with van der Waals surface area (Å²) in [5.41, 5.74) is 10.6. The second-order valence-electron chi connectivity index (χ2n) is 2.15. The molecule has 10 heavy (non-hydrogen) atoms. The molecule has 0 aliphatic carbocycles. The van der Waals surface area contributed by atoms with Crippen LogP contribution in [0.3, 0.4) is 0 Å². The highest BCUT2D eigenvalue weighted by Gasteiger charge is 2.07. The fraction of sp³-hybridized carbons (Fsp3) is 0.400. The quantitative estimate of drug-likeness (QED) is 0.482. The molecule has 0 aliphatic heterocycles. The molecule has 0 saturated heterocycles. The zero-order valence-corrected chi connectivity index (χ0v) is 5.96. The summed E-state index contributed by atoms with van der Waals surface area (Å²) in [6.07, 6.45) is 0. The zero-order valence-electron chi connectivity index (χ0n) is 5.96. The average molecular weight is 142 g/mol. The summed E-state index contributed by atoms with van der Waals surface area (Å²) in [7, 11) is 3.28. The summed E-state index contributed by atoms with van der Waals surface area (Å²) < 4.78 is 2.85. The summed E-state index contributed by atoms with van der Waals surface area (Å²) in [6.45, 7) is 0. The van der Waals surface area contributed by atoms with E-state index < -0.39 is 0 Å². The number of hydrogen-bond acceptors (Lipinski definition) is 3. The molecule has 5 heteroatoms. The van der Waals surface area contributed by atoms with Gasteiger partial charge >= 0.3 is 0 Å². The van der Waals surface area contributed by atoms with Gasteiger partial charge in [0.15, 0.2) is 0 Å². The number of hydrogen-bond donors (Lipinski definition) is 2. The van der Waals surface area contributed by atoms with Gasteiger partial charge in [-0.2, -0.15) is 0 Å². The van der Waals surface area contributed by atoms with E-state index in [0.717, 1.165) is 0 Å². The molecule has 5 nitrogen and oxygen atoms in total. The molecule has 0 spiro atoms. The Morgan fingerprint density at radius 1 is 1.20 bits per heavy atom. The molecule has 1 aromatic heterocycles. The third-order valence-corrected chi connectivity index (χ3v) is 1.60. The van der Waals surface area contributed by atoms with Gasteiger partial charge in [0.05, 0.1) is 0 Å².